The standard InChI is InChI=1S/C25H29FN6O2.C14H14FN3O4S.C13H21N3/c1-16(2)31-10-12-32(13-11-31)19-7-5-18(6-8-19)29-25-28-15-21(24(27)30-25)23(33)20-14-17(26)4-9-22(20)34-3;1-3-23(20,21)14-17-7-10(13(16)18-14)12(19)9-6-8(15)4-5-11(9)22-2;1-11(2)15-7-9-16(10-8-15)13-5-3-12(14)4-6-13/h4-9,14-16H,10-13H2,1-3H3,(H3,27,28,29,30);4-7H,3H2,1-2H3,(H2,16,17,18);3-6,11H,7-10,14H2,1-2H3. The van der Waals surface area contributed by atoms with Crippen LogP contribution < -0.4 is 41.8 Å². The van der Waals surface area contributed by atoms with Gasteiger partial charge in [0, 0.05) is 99.6 Å². The zero-order valence-electron chi connectivity index (χ0n) is 42.2. The number of rotatable bonds is 14. The van der Waals surface area contributed by atoms with Gasteiger partial charge in [0.25, 0.3) is 0 Å². The Morgan fingerprint density at radius 3 is 1.44 bits per heavy atom. The number of ketones is 2. The summed E-state index contributed by atoms with van der Waals surface area (Å²) in [5, 5.41) is 2.65. The Morgan fingerprint density at radius 1 is 0.616 bits per heavy atom. The third-order valence-electron chi connectivity index (χ3n) is 12.4. The number of carbonyl (C=O) groups is 2. The van der Waals surface area contributed by atoms with Crippen LogP contribution in [0, 0.1) is 11.6 Å². The zero-order chi connectivity index (χ0) is 53.0. The highest BCUT2D eigenvalue weighted by Crippen LogP contribution is 2.28. The molecule has 0 saturated carbocycles. The van der Waals surface area contributed by atoms with Gasteiger partial charge in [-0.1, -0.05) is 6.92 Å². The molecular formula is C52H64F2N12O6S. The smallest absolute Gasteiger partial charge is 0.249 e. The van der Waals surface area contributed by atoms with Gasteiger partial charge in [0.1, 0.15) is 34.8 Å². The van der Waals surface area contributed by atoms with Gasteiger partial charge < -0.3 is 41.8 Å². The Kier molecular flexibility index (Phi) is 18.6. The van der Waals surface area contributed by atoms with Crippen LogP contribution in [0.3, 0.4) is 0 Å². The van der Waals surface area contributed by atoms with Crippen molar-refractivity contribution < 1.29 is 36.3 Å². The van der Waals surface area contributed by atoms with Gasteiger partial charge in [-0.2, -0.15) is 4.98 Å². The van der Waals surface area contributed by atoms with Gasteiger partial charge in [0.15, 0.2) is 0 Å². The number of nitrogens with one attached hydrogen (secondary N) is 1. The molecule has 2 aliphatic heterocycles. The fraction of sp³-hybridized carbons (Fsp3) is 0.346. The van der Waals surface area contributed by atoms with Gasteiger partial charge in [0.05, 0.1) is 42.2 Å². The lowest BCUT2D eigenvalue weighted by atomic mass is 10.0. The number of nitrogens with zero attached hydrogens (tertiary/aromatic N) is 8. The van der Waals surface area contributed by atoms with Gasteiger partial charge in [-0.25, -0.2) is 32.2 Å². The summed E-state index contributed by atoms with van der Waals surface area (Å²) < 4.78 is 60.7. The van der Waals surface area contributed by atoms with E-state index in [1.54, 1.807) is 0 Å². The Hall–Kier alpha value is -7.49. The summed E-state index contributed by atoms with van der Waals surface area (Å²) in [7, 11) is -0.901. The van der Waals surface area contributed by atoms with E-state index in [1.807, 2.05) is 24.3 Å². The molecule has 0 bridgehead atoms. The highest BCUT2D eigenvalue weighted by Gasteiger charge is 2.25. The molecule has 2 aromatic heterocycles. The first-order valence-corrected chi connectivity index (χ1v) is 25.4. The van der Waals surface area contributed by atoms with Crippen molar-refractivity contribution in [2.24, 2.45) is 0 Å². The van der Waals surface area contributed by atoms with Gasteiger partial charge in [-0.3, -0.25) is 19.4 Å². The lowest BCUT2D eigenvalue weighted by Crippen LogP contribution is -2.48. The van der Waals surface area contributed by atoms with Crippen molar-refractivity contribution in [3.63, 3.8) is 0 Å². The summed E-state index contributed by atoms with van der Waals surface area (Å²) in [5.41, 5.74) is 21.4. The number of piperazine rings is 2. The number of ether oxygens (including phenoxy) is 2. The number of carbonyl (C=O) groups excluding carboxylic acids is 2. The Morgan fingerprint density at radius 2 is 1.04 bits per heavy atom. The van der Waals surface area contributed by atoms with Crippen LogP contribution in [-0.2, 0) is 9.84 Å². The summed E-state index contributed by atoms with van der Waals surface area (Å²) in [4.78, 5) is 50.9. The Bertz CT molecular complexity index is 2950. The monoisotopic (exact) mass is 1020 g/mol. The largest absolute Gasteiger partial charge is 0.496 e. The molecular weight excluding hydrogens is 959 g/mol. The number of hydrogen-bond acceptors (Lipinski definition) is 18. The maximum absolute atomic E-state index is 13.7. The zero-order valence-corrected chi connectivity index (χ0v) is 43.0. The maximum atomic E-state index is 13.7. The van der Waals surface area contributed by atoms with Crippen LogP contribution in [-0.4, -0.2) is 134 Å². The number of methoxy groups -OCH3 is 2. The molecule has 7 N–H and O–H groups in total. The number of aromatic nitrogens is 4. The van der Waals surface area contributed by atoms with Crippen molar-refractivity contribution in [2.45, 2.75) is 51.9 Å². The van der Waals surface area contributed by atoms with E-state index in [0.29, 0.717) is 12.1 Å². The molecule has 2 saturated heterocycles. The fourth-order valence-electron chi connectivity index (χ4n) is 8.03. The van der Waals surface area contributed by atoms with E-state index in [-0.39, 0.29) is 57.1 Å². The lowest BCUT2D eigenvalue weighted by molar-refractivity contribution is 0.102. The number of nitrogens with two attached hydrogens (primary N) is 3. The highest BCUT2D eigenvalue weighted by atomic mass is 32.2. The first-order valence-electron chi connectivity index (χ1n) is 23.8. The van der Waals surface area contributed by atoms with Crippen LogP contribution in [0.15, 0.2) is 102 Å². The molecule has 0 amide bonds. The fourth-order valence-corrected chi connectivity index (χ4v) is 8.74. The first-order chi connectivity index (χ1) is 34.8. The second kappa shape index (κ2) is 24.8. The molecule has 4 aromatic carbocycles. The van der Waals surface area contributed by atoms with Crippen LogP contribution in [0.2, 0.25) is 0 Å². The molecule has 2 fully saturated rings. The average Bonchev–Trinajstić information content (AvgIpc) is 3.39. The molecule has 73 heavy (non-hydrogen) atoms. The van der Waals surface area contributed by atoms with E-state index in [1.165, 1.54) is 56.9 Å². The van der Waals surface area contributed by atoms with Gasteiger partial charge in [0.2, 0.25) is 32.5 Å². The summed E-state index contributed by atoms with van der Waals surface area (Å²) >= 11 is 0. The van der Waals surface area contributed by atoms with Crippen molar-refractivity contribution in [1.29, 1.82) is 0 Å². The molecule has 6 aromatic rings. The minimum atomic E-state index is -3.65. The molecule has 0 unspecified atom stereocenters. The third-order valence-corrected chi connectivity index (χ3v) is 13.9. The molecule has 2 aliphatic rings. The van der Waals surface area contributed by atoms with E-state index in [2.05, 4.69) is 96.8 Å². The first kappa shape index (κ1) is 54.8. The Balaban J connectivity index is 0.000000192. The van der Waals surface area contributed by atoms with Crippen LogP contribution in [0.5, 0.6) is 11.5 Å². The summed E-state index contributed by atoms with van der Waals surface area (Å²) in [6.45, 7) is 19.1. The minimum Gasteiger partial charge on any atom is -0.496 e. The highest BCUT2D eigenvalue weighted by molar-refractivity contribution is 7.91. The van der Waals surface area contributed by atoms with Gasteiger partial charge >= 0.3 is 0 Å². The third kappa shape index (κ3) is 14.1. The van der Waals surface area contributed by atoms with E-state index in [9.17, 15) is 26.8 Å². The summed E-state index contributed by atoms with van der Waals surface area (Å²) in [6.07, 6.45) is 2.34. The van der Waals surface area contributed by atoms with Crippen molar-refractivity contribution in [2.75, 3.05) is 105 Å². The van der Waals surface area contributed by atoms with Crippen molar-refractivity contribution in [3.8, 4) is 11.5 Å². The molecule has 0 aliphatic carbocycles. The van der Waals surface area contributed by atoms with E-state index in [4.69, 9.17) is 26.7 Å². The minimum absolute atomic E-state index is 0.00606. The predicted octanol–water partition coefficient (Wildman–Crippen LogP) is 6.74. The average molecular weight is 1020 g/mol. The quantitative estimate of drug-likeness (QED) is 0.0501. The number of anilines is 7. The van der Waals surface area contributed by atoms with Crippen molar-refractivity contribution in [1.82, 2.24) is 29.7 Å². The van der Waals surface area contributed by atoms with Crippen LogP contribution in [0.1, 0.15) is 66.5 Å². The molecule has 0 radical (unpaired) electrons. The molecule has 4 heterocycles. The van der Waals surface area contributed by atoms with E-state index >= 15 is 0 Å². The van der Waals surface area contributed by atoms with Crippen LogP contribution in [0.25, 0.3) is 0 Å². The van der Waals surface area contributed by atoms with E-state index in [0.717, 1.165) is 88.1 Å². The van der Waals surface area contributed by atoms with Gasteiger partial charge in [-0.05, 0) is 113 Å². The maximum Gasteiger partial charge on any atom is 0.249 e. The Labute approximate surface area is 425 Å². The normalized spacial score (nSPS) is 14.2. The van der Waals surface area contributed by atoms with E-state index < -0.39 is 38.2 Å². The molecule has 0 atom stereocenters. The predicted molar refractivity (Wildman–Crippen MR) is 282 cm³/mol. The molecule has 18 nitrogen and oxygen atoms in total. The summed E-state index contributed by atoms with van der Waals surface area (Å²) in [6, 6.07) is 24.6. The summed E-state index contributed by atoms with van der Waals surface area (Å²) in [5.74, 6) is -2.19. The number of hydrogen-bond donors (Lipinski definition) is 4. The molecule has 388 valence electrons. The van der Waals surface area contributed by atoms with Crippen LogP contribution >= 0.6 is 0 Å². The lowest BCUT2D eigenvalue weighted by Gasteiger charge is -2.38. The molecule has 0 spiro atoms. The van der Waals surface area contributed by atoms with Crippen LogP contribution in [0.4, 0.5) is 49.1 Å². The SMILES string of the molecule is CC(C)N1CCN(c2ccc(N)cc2)CC1.CCS(=O)(=O)c1ncc(C(=O)c2cc(F)ccc2OC)c(N)n1.COc1ccc(F)cc1C(=O)c1cnc(Nc2ccc(N3CCN(C(C)C)CC3)cc2)nc1N. The van der Waals surface area contributed by atoms with Gasteiger partial charge in [-0.15, -0.1) is 0 Å². The van der Waals surface area contributed by atoms with Crippen molar-refractivity contribution >= 4 is 61.7 Å². The number of nitrogen functional groups attached to an aromatic ring is 3. The molecule has 8 rings (SSSR count). The van der Waals surface area contributed by atoms with Crippen molar-refractivity contribution in [3.05, 3.63) is 131 Å². The second-order valence-corrected chi connectivity index (χ2v) is 19.9. The molecule has 21 heteroatoms. The number of sulfone groups is 1. The topological polar surface area (TPSA) is 241 Å². The number of benzene rings is 4. The second-order valence-electron chi connectivity index (χ2n) is 17.7. The number of halogens is 2.